The van der Waals surface area contributed by atoms with Gasteiger partial charge in [-0.1, -0.05) is 15.9 Å². The average Bonchev–Trinajstić information content (AvgIpc) is 3.10. The first-order valence-corrected chi connectivity index (χ1v) is 8.94. The van der Waals surface area contributed by atoms with E-state index in [1.807, 2.05) is 11.6 Å². The van der Waals surface area contributed by atoms with Gasteiger partial charge in [0.05, 0.1) is 6.54 Å². The van der Waals surface area contributed by atoms with E-state index >= 15 is 0 Å². The van der Waals surface area contributed by atoms with E-state index in [2.05, 4.69) is 35.7 Å². The number of benzene rings is 1. The first kappa shape index (κ1) is 16.2. The molecule has 0 spiro atoms. The maximum atomic E-state index is 13.3. The fraction of sp³-hybridized carbons (Fsp3) is 0.333. The number of hydrogen-bond acceptors (Lipinski definition) is 4. The quantitative estimate of drug-likeness (QED) is 0.638. The Labute approximate surface area is 146 Å². The number of halogens is 2. The molecule has 5 nitrogen and oxygen atoms in total. The minimum atomic E-state index is -0.269. The van der Waals surface area contributed by atoms with Gasteiger partial charge in [-0.25, -0.2) is 14.4 Å². The molecule has 0 unspecified atom stereocenters. The first-order chi connectivity index (χ1) is 11.1. The summed E-state index contributed by atoms with van der Waals surface area (Å²) < 4.78 is 14.1. The monoisotopic (exact) mass is 397 g/mol. The minimum Gasteiger partial charge on any atom is -0.370 e. The number of anilines is 1. The summed E-state index contributed by atoms with van der Waals surface area (Å²) in [7, 11) is 0. The largest absolute Gasteiger partial charge is 0.370 e. The van der Waals surface area contributed by atoms with Crippen molar-refractivity contribution in [2.45, 2.75) is 6.54 Å². The summed E-state index contributed by atoms with van der Waals surface area (Å²) >= 11 is 5.05. The Balaban J connectivity index is 1.58. The van der Waals surface area contributed by atoms with E-state index in [0.717, 1.165) is 41.3 Å². The van der Waals surface area contributed by atoms with Gasteiger partial charge in [0, 0.05) is 42.2 Å². The molecule has 2 aromatic rings. The highest BCUT2D eigenvalue weighted by Crippen LogP contribution is 2.20. The maximum Gasteiger partial charge on any atom is 0.191 e. The number of hydrogen-bond donors (Lipinski definition) is 1. The highest BCUT2D eigenvalue weighted by molar-refractivity contribution is 9.10. The summed E-state index contributed by atoms with van der Waals surface area (Å²) in [5, 5.41) is 3.03. The molecule has 1 saturated heterocycles. The predicted molar refractivity (Wildman–Crippen MR) is 95.3 cm³/mol. The first-order valence-electron chi connectivity index (χ1n) is 7.27. The molecule has 0 radical (unpaired) electrons. The maximum absolute atomic E-state index is 13.3. The molecule has 0 aliphatic carbocycles. The summed E-state index contributed by atoms with van der Waals surface area (Å²) in [5.74, 6) is 0.231. The van der Waals surface area contributed by atoms with Gasteiger partial charge in [-0.3, -0.25) is 0 Å². The van der Waals surface area contributed by atoms with Crippen LogP contribution in [0.5, 0.6) is 0 Å². The SMILES string of the molecule is NC(=NCc1cc(F)ccc1Br)N1CCN(c2nccs2)CC1. The average molecular weight is 398 g/mol. The van der Waals surface area contributed by atoms with Gasteiger partial charge in [-0.15, -0.1) is 11.3 Å². The Hall–Kier alpha value is -1.67. The molecule has 1 aliphatic heterocycles. The van der Waals surface area contributed by atoms with Gasteiger partial charge < -0.3 is 15.5 Å². The van der Waals surface area contributed by atoms with Crippen LogP contribution in [-0.2, 0) is 6.54 Å². The number of piperazine rings is 1. The highest BCUT2D eigenvalue weighted by atomic mass is 79.9. The van der Waals surface area contributed by atoms with E-state index in [1.165, 1.54) is 12.1 Å². The molecule has 1 aromatic heterocycles. The highest BCUT2D eigenvalue weighted by Gasteiger charge is 2.19. The fourth-order valence-electron chi connectivity index (χ4n) is 2.43. The van der Waals surface area contributed by atoms with Gasteiger partial charge in [0.2, 0.25) is 0 Å². The van der Waals surface area contributed by atoms with Crippen molar-refractivity contribution in [3.8, 4) is 0 Å². The molecule has 0 amide bonds. The van der Waals surface area contributed by atoms with E-state index in [9.17, 15) is 4.39 Å². The normalized spacial score (nSPS) is 16.0. The summed E-state index contributed by atoms with van der Waals surface area (Å²) in [6, 6.07) is 4.57. The Kier molecular flexibility index (Phi) is 5.12. The second-order valence-corrected chi connectivity index (χ2v) is 6.93. The third kappa shape index (κ3) is 4.00. The van der Waals surface area contributed by atoms with Crippen molar-refractivity contribution in [1.82, 2.24) is 9.88 Å². The van der Waals surface area contributed by atoms with Crippen molar-refractivity contribution in [3.63, 3.8) is 0 Å². The summed E-state index contributed by atoms with van der Waals surface area (Å²) in [5.41, 5.74) is 6.87. The van der Waals surface area contributed by atoms with E-state index in [4.69, 9.17) is 5.73 Å². The van der Waals surface area contributed by atoms with E-state index in [-0.39, 0.29) is 5.82 Å². The van der Waals surface area contributed by atoms with Crippen molar-refractivity contribution < 1.29 is 4.39 Å². The lowest BCUT2D eigenvalue weighted by molar-refractivity contribution is 0.380. The third-order valence-electron chi connectivity index (χ3n) is 3.71. The fourth-order valence-corrected chi connectivity index (χ4v) is 3.50. The topological polar surface area (TPSA) is 57.8 Å². The van der Waals surface area contributed by atoms with Crippen molar-refractivity contribution in [1.29, 1.82) is 0 Å². The molecule has 3 rings (SSSR count). The van der Waals surface area contributed by atoms with Crippen molar-refractivity contribution in [2.75, 3.05) is 31.1 Å². The molecule has 0 saturated carbocycles. The van der Waals surface area contributed by atoms with E-state index in [0.29, 0.717) is 12.5 Å². The zero-order chi connectivity index (χ0) is 16.2. The standard InChI is InChI=1S/C15H17BrFN5S/c16-13-2-1-12(17)9-11(13)10-20-14(18)21-4-6-22(7-5-21)15-19-3-8-23-15/h1-3,8-9H,4-7,10H2,(H2,18,20). The predicted octanol–water partition coefficient (Wildman–Crippen LogP) is 2.68. The van der Waals surface area contributed by atoms with Crippen LogP contribution in [0, 0.1) is 5.82 Å². The molecule has 0 bridgehead atoms. The second kappa shape index (κ2) is 7.27. The third-order valence-corrected chi connectivity index (χ3v) is 5.32. The van der Waals surface area contributed by atoms with Gasteiger partial charge in [-0.2, -0.15) is 0 Å². The second-order valence-electron chi connectivity index (χ2n) is 5.20. The van der Waals surface area contributed by atoms with Gasteiger partial charge in [0.25, 0.3) is 0 Å². The van der Waals surface area contributed by atoms with Gasteiger partial charge in [0.15, 0.2) is 11.1 Å². The van der Waals surface area contributed by atoms with Crippen LogP contribution in [0.2, 0.25) is 0 Å². The van der Waals surface area contributed by atoms with Gasteiger partial charge in [-0.05, 0) is 23.8 Å². The van der Waals surface area contributed by atoms with Crippen molar-refractivity contribution in [3.05, 3.63) is 45.6 Å². The summed E-state index contributed by atoms with van der Waals surface area (Å²) in [6.45, 7) is 3.70. The number of aromatic nitrogens is 1. The molecular weight excluding hydrogens is 381 g/mol. The molecule has 2 N–H and O–H groups in total. The van der Waals surface area contributed by atoms with Crippen LogP contribution in [0.25, 0.3) is 0 Å². The number of rotatable bonds is 3. The Morgan fingerprint density at radius 3 is 2.83 bits per heavy atom. The van der Waals surface area contributed by atoms with E-state index in [1.54, 1.807) is 17.4 Å². The van der Waals surface area contributed by atoms with Crippen molar-refractivity contribution in [2.24, 2.45) is 10.7 Å². The molecule has 0 atom stereocenters. The molecule has 1 aliphatic rings. The molecular formula is C15H17BrFN5S. The number of guanidine groups is 1. The molecule has 2 heterocycles. The smallest absolute Gasteiger partial charge is 0.191 e. The lowest BCUT2D eigenvalue weighted by Crippen LogP contribution is -2.51. The van der Waals surface area contributed by atoms with Crippen molar-refractivity contribution >= 4 is 38.4 Å². The number of aliphatic imine (C=N–C) groups is 1. The number of nitrogens with two attached hydrogens (primary N) is 1. The van der Waals surface area contributed by atoms with Crippen LogP contribution in [0.1, 0.15) is 5.56 Å². The van der Waals surface area contributed by atoms with Crippen LogP contribution >= 0.6 is 27.3 Å². The zero-order valence-corrected chi connectivity index (χ0v) is 14.9. The molecule has 23 heavy (non-hydrogen) atoms. The van der Waals surface area contributed by atoms with Crippen LogP contribution in [0.4, 0.5) is 9.52 Å². The van der Waals surface area contributed by atoms with Crippen LogP contribution in [-0.4, -0.2) is 42.0 Å². The Bertz CT molecular complexity index is 683. The van der Waals surface area contributed by atoms with Gasteiger partial charge >= 0.3 is 0 Å². The van der Waals surface area contributed by atoms with Crippen LogP contribution < -0.4 is 10.6 Å². The van der Waals surface area contributed by atoms with Gasteiger partial charge in [0.1, 0.15) is 5.82 Å². The summed E-state index contributed by atoms with van der Waals surface area (Å²) in [6.07, 6.45) is 1.82. The lowest BCUT2D eigenvalue weighted by Gasteiger charge is -2.35. The van der Waals surface area contributed by atoms with Crippen LogP contribution in [0.3, 0.4) is 0 Å². The summed E-state index contributed by atoms with van der Waals surface area (Å²) in [4.78, 5) is 13.0. The molecule has 8 heteroatoms. The molecule has 1 aromatic carbocycles. The lowest BCUT2D eigenvalue weighted by atomic mass is 10.2. The molecule has 122 valence electrons. The molecule has 1 fully saturated rings. The minimum absolute atomic E-state index is 0.269. The van der Waals surface area contributed by atoms with E-state index < -0.39 is 0 Å². The Morgan fingerprint density at radius 1 is 1.35 bits per heavy atom. The zero-order valence-electron chi connectivity index (χ0n) is 12.5. The van der Waals surface area contributed by atoms with Crippen LogP contribution in [0.15, 0.2) is 39.2 Å². The number of thiazole rings is 1. The Morgan fingerprint density at radius 2 is 2.13 bits per heavy atom. The number of nitrogens with zero attached hydrogens (tertiary/aromatic N) is 4.